The van der Waals surface area contributed by atoms with E-state index in [1.807, 2.05) is 0 Å². The van der Waals surface area contributed by atoms with E-state index in [9.17, 15) is 0 Å². The minimum Gasteiger partial charge on any atom is -0.494 e. The van der Waals surface area contributed by atoms with E-state index in [2.05, 4.69) is 32.0 Å². The van der Waals surface area contributed by atoms with E-state index < -0.39 is 0 Å². The highest BCUT2D eigenvalue weighted by Gasteiger charge is 2.38. The van der Waals surface area contributed by atoms with E-state index in [4.69, 9.17) is 9.47 Å². The number of aryl methyl sites for hydroxylation is 1. The molecule has 2 saturated carbocycles. The van der Waals surface area contributed by atoms with Gasteiger partial charge in [-0.2, -0.15) is 0 Å². The summed E-state index contributed by atoms with van der Waals surface area (Å²) in [7, 11) is 0. The maximum Gasteiger partial charge on any atom is 0.119 e. The first-order chi connectivity index (χ1) is 16.3. The van der Waals surface area contributed by atoms with Crippen molar-refractivity contribution in [2.75, 3.05) is 13.2 Å². The van der Waals surface area contributed by atoms with Crippen molar-refractivity contribution in [2.24, 2.45) is 23.7 Å². The lowest BCUT2D eigenvalue weighted by Crippen LogP contribution is -2.37. The van der Waals surface area contributed by atoms with Crippen molar-refractivity contribution in [3.05, 3.63) is 29.3 Å². The molecule has 2 heteroatoms. The van der Waals surface area contributed by atoms with Crippen molar-refractivity contribution >= 4 is 0 Å². The molecule has 1 aromatic rings. The molecule has 5 unspecified atom stereocenters. The van der Waals surface area contributed by atoms with Gasteiger partial charge in [0.05, 0.1) is 12.7 Å². The molecule has 33 heavy (non-hydrogen) atoms. The largest absolute Gasteiger partial charge is 0.494 e. The minimum absolute atomic E-state index is 0.560. The molecule has 1 aromatic carbocycles. The van der Waals surface area contributed by atoms with E-state index in [1.165, 1.54) is 103 Å². The third-order valence-corrected chi connectivity index (χ3v) is 9.08. The van der Waals surface area contributed by atoms with Crippen molar-refractivity contribution in [1.82, 2.24) is 0 Å². The minimum atomic E-state index is 0.560. The fraction of sp³-hybridized carbons (Fsp3) is 0.806. The Hall–Kier alpha value is -1.02. The van der Waals surface area contributed by atoms with E-state index in [-0.39, 0.29) is 0 Å². The molecule has 0 N–H and O–H groups in total. The number of hydrogen-bond donors (Lipinski definition) is 0. The van der Waals surface area contributed by atoms with Crippen LogP contribution in [0.4, 0.5) is 0 Å². The van der Waals surface area contributed by atoms with Gasteiger partial charge < -0.3 is 9.47 Å². The Morgan fingerprint density at radius 1 is 0.697 bits per heavy atom. The second-order valence-electron chi connectivity index (χ2n) is 11.4. The highest BCUT2D eigenvalue weighted by Crippen LogP contribution is 2.47. The van der Waals surface area contributed by atoms with Crippen LogP contribution in [0.3, 0.4) is 0 Å². The third-order valence-electron chi connectivity index (χ3n) is 9.08. The Morgan fingerprint density at radius 2 is 1.42 bits per heavy atom. The molecule has 0 saturated heterocycles. The standard InChI is InChI=1S/C31H50O2/c1-3-5-7-9-19-33-31-17-15-27-21-25(11-13-29(27)23-31)24-10-12-28-22-30(16-14-26(28)20-24)32-18-8-6-4-2/h14,16,22,24-25,27,29,31H,3-13,15,17-21,23H2,1-2H3. The smallest absolute Gasteiger partial charge is 0.119 e. The Balaban J connectivity index is 1.21. The quantitative estimate of drug-likeness (QED) is 0.295. The number of hydrogen-bond acceptors (Lipinski definition) is 2. The van der Waals surface area contributed by atoms with Gasteiger partial charge in [-0.1, -0.05) is 52.0 Å². The highest BCUT2D eigenvalue weighted by atomic mass is 16.5. The summed E-state index contributed by atoms with van der Waals surface area (Å²) in [5, 5.41) is 0. The molecule has 3 aliphatic rings. The van der Waals surface area contributed by atoms with E-state index in [0.717, 1.165) is 42.6 Å². The normalized spacial score (nSPS) is 29.3. The molecule has 2 nitrogen and oxygen atoms in total. The van der Waals surface area contributed by atoms with Gasteiger partial charge >= 0.3 is 0 Å². The first kappa shape index (κ1) is 25.1. The maximum atomic E-state index is 6.30. The topological polar surface area (TPSA) is 18.5 Å². The van der Waals surface area contributed by atoms with Crippen LogP contribution in [0.5, 0.6) is 5.75 Å². The average molecular weight is 455 g/mol. The summed E-state index contributed by atoms with van der Waals surface area (Å²) >= 11 is 0. The predicted molar refractivity (Wildman–Crippen MR) is 139 cm³/mol. The van der Waals surface area contributed by atoms with Crippen LogP contribution in [0.1, 0.15) is 115 Å². The third kappa shape index (κ3) is 7.23. The molecule has 2 fully saturated rings. The van der Waals surface area contributed by atoms with Gasteiger partial charge in [0, 0.05) is 6.61 Å². The average Bonchev–Trinajstić information content (AvgIpc) is 2.86. The van der Waals surface area contributed by atoms with Crippen LogP contribution in [-0.2, 0) is 17.6 Å². The molecule has 0 heterocycles. The van der Waals surface area contributed by atoms with Crippen LogP contribution >= 0.6 is 0 Å². The molecular formula is C31H50O2. The maximum absolute atomic E-state index is 6.30. The molecular weight excluding hydrogens is 404 g/mol. The molecule has 186 valence electrons. The first-order valence-electron chi connectivity index (χ1n) is 14.6. The molecule has 0 amide bonds. The van der Waals surface area contributed by atoms with Crippen LogP contribution in [0.15, 0.2) is 18.2 Å². The number of benzene rings is 1. The molecule has 0 aromatic heterocycles. The molecule has 0 spiro atoms. The Kier molecular flexibility index (Phi) is 10.0. The summed E-state index contributed by atoms with van der Waals surface area (Å²) in [6.45, 7) is 6.39. The zero-order chi connectivity index (χ0) is 22.9. The second kappa shape index (κ2) is 13.2. The molecule has 0 bridgehead atoms. The van der Waals surface area contributed by atoms with Crippen LogP contribution in [0.25, 0.3) is 0 Å². The van der Waals surface area contributed by atoms with Crippen molar-refractivity contribution in [3.63, 3.8) is 0 Å². The summed E-state index contributed by atoms with van der Waals surface area (Å²) in [6.07, 6.45) is 22.0. The van der Waals surface area contributed by atoms with Gasteiger partial charge in [0.2, 0.25) is 0 Å². The summed E-state index contributed by atoms with van der Waals surface area (Å²) in [5.41, 5.74) is 3.17. The fourth-order valence-electron chi connectivity index (χ4n) is 7.03. The second-order valence-corrected chi connectivity index (χ2v) is 11.4. The van der Waals surface area contributed by atoms with Crippen LogP contribution in [-0.4, -0.2) is 19.3 Å². The van der Waals surface area contributed by atoms with E-state index in [0.29, 0.717) is 6.10 Å². The predicted octanol–water partition coefficient (Wildman–Crippen LogP) is 8.54. The summed E-state index contributed by atoms with van der Waals surface area (Å²) in [4.78, 5) is 0. The van der Waals surface area contributed by atoms with E-state index >= 15 is 0 Å². The molecule has 5 atom stereocenters. The number of rotatable bonds is 12. The Morgan fingerprint density at radius 3 is 2.27 bits per heavy atom. The summed E-state index contributed by atoms with van der Waals surface area (Å²) in [5.74, 6) is 4.87. The van der Waals surface area contributed by atoms with E-state index in [1.54, 1.807) is 11.1 Å². The van der Waals surface area contributed by atoms with Gasteiger partial charge in [0.15, 0.2) is 0 Å². The highest BCUT2D eigenvalue weighted by molar-refractivity contribution is 5.37. The number of fused-ring (bicyclic) bond motifs is 2. The zero-order valence-corrected chi connectivity index (χ0v) is 21.7. The van der Waals surface area contributed by atoms with Gasteiger partial charge in [0.1, 0.15) is 5.75 Å². The van der Waals surface area contributed by atoms with Gasteiger partial charge in [-0.25, -0.2) is 0 Å². The molecule has 3 aliphatic carbocycles. The number of unbranched alkanes of at least 4 members (excludes halogenated alkanes) is 5. The number of ether oxygens (including phenoxy) is 2. The van der Waals surface area contributed by atoms with Gasteiger partial charge in [-0.15, -0.1) is 0 Å². The van der Waals surface area contributed by atoms with Crippen molar-refractivity contribution < 1.29 is 9.47 Å². The van der Waals surface area contributed by atoms with Crippen molar-refractivity contribution in [3.8, 4) is 5.75 Å². The van der Waals surface area contributed by atoms with Gasteiger partial charge in [-0.3, -0.25) is 0 Å². The van der Waals surface area contributed by atoms with Crippen LogP contribution in [0.2, 0.25) is 0 Å². The van der Waals surface area contributed by atoms with Crippen molar-refractivity contribution in [1.29, 1.82) is 0 Å². The molecule has 4 rings (SSSR count). The van der Waals surface area contributed by atoms with Gasteiger partial charge in [-0.05, 0) is 118 Å². The first-order valence-corrected chi connectivity index (χ1v) is 14.6. The van der Waals surface area contributed by atoms with Crippen molar-refractivity contribution in [2.45, 2.75) is 123 Å². The lowest BCUT2D eigenvalue weighted by atomic mass is 9.62. The zero-order valence-electron chi connectivity index (χ0n) is 21.7. The SMILES string of the molecule is CCCCCCOC1CCC2CC(C3CCc4cc(OCCCCC)ccc4C3)CCC2C1. The Bertz CT molecular complexity index is 698. The monoisotopic (exact) mass is 454 g/mol. The molecule has 0 aliphatic heterocycles. The Labute approximate surface area is 204 Å². The lowest BCUT2D eigenvalue weighted by Gasteiger charge is -2.45. The lowest BCUT2D eigenvalue weighted by molar-refractivity contribution is -0.0250. The van der Waals surface area contributed by atoms with Crippen LogP contribution in [0, 0.1) is 23.7 Å². The molecule has 0 radical (unpaired) electrons. The summed E-state index contributed by atoms with van der Waals surface area (Å²) < 4.78 is 12.3. The van der Waals surface area contributed by atoms with Crippen LogP contribution < -0.4 is 4.74 Å². The summed E-state index contributed by atoms with van der Waals surface area (Å²) in [6, 6.07) is 6.96. The van der Waals surface area contributed by atoms with Gasteiger partial charge in [0.25, 0.3) is 0 Å². The fourth-order valence-corrected chi connectivity index (χ4v) is 7.03.